The molecule has 1 N–H and O–H groups in total. The van der Waals surface area contributed by atoms with E-state index in [2.05, 4.69) is 26.2 Å². The van der Waals surface area contributed by atoms with Gasteiger partial charge in [0.05, 0.1) is 5.41 Å². The van der Waals surface area contributed by atoms with E-state index in [4.69, 9.17) is 0 Å². The SMILES string of the molecule is Cc1cc(-c2ccc(NC(=O)C(C)(C)c3cccc(Br)c3)cc2)ccn1. The maximum absolute atomic E-state index is 12.8. The Morgan fingerprint density at radius 1 is 1.00 bits per heavy atom. The molecular weight excluding hydrogens is 388 g/mol. The Labute approximate surface area is 162 Å². The van der Waals surface area contributed by atoms with Crippen LogP contribution in [0.15, 0.2) is 71.3 Å². The van der Waals surface area contributed by atoms with Gasteiger partial charge in [0, 0.05) is 22.1 Å². The largest absolute Gasteiger partial charge is 0.325 e. The quantitative estimate of drug-likeness (QED) is 0.598. The predicted molar refractivity (Wildman–Crippen MR) is 110 cm³/mol. The second-order valence-corrected chi connectivity index (χ2v) is 7.77. The van der Waals surface area contributed by atoms with Gasteiger partial charge in [0.25, 0.3) is 0 Å². The fourth-order valence-electron chi connectivity index (χ4n) is 2.77. The third kappa shape index (κ3) is 4.02. The van der Waals surface area contributed by atoms with E-state index in [0.717, 1.165) is 32.5 Å². The molecule has 26 heavy (non-hydrogen) atoms. The van der Waals surface area contributed by atoms with Gasteiger partial charge in [-0.1, -0.05) is 40.2 Å². The average molecular weight is 409 g/mol. The summed E-state index contributed by atoms with van der Waals surface area (Å²) < 4.78 is 0.966. The number of hydrogen-bond donors (Lipinski definition) is 1. The molecule has 1 amide bonds. The molecule has 3 nitrogen and oxygen atoms in total. The maximum Gasteiger partial charge on any atom is 0.234 e. The Morgan fingerprint density at radius 2 is 1.73 bits per heavy atom. The molecule has 2 aromatic carbocycles. The molecule has 0 fully saturated rings. The standard InChI is InChI=1S/C22H21BrN2O/c1-15-13-17(11-12-24-15)16-7-9-20(10-8-16)25-21(26)22(2,3)18-5-4-6-19(23)14-18/h4-14H,1-3H3,(H,25,26). The molecule has 0 aliphatic heterocycles. The van der Waals surface area contributed by atoms with Crippen molar-refractivity contribution in [2.45, 2.75) is 26.2 Å². The average Bonchev–Trinajstić information content (AvgIpc) is 2.62. The summed E-state index contributed by atoms with van der Waals surface area (Å²) in [7, 11) is 0. The number of nitrogens with zero attached hydrogens (tertiary/aromatic N) is 1. The van der Waals surface area contributed by atoms with E-state index in [1.807, 2.05) is 81.4 Å². The van der Waals surface area contributed by atoms with Gasteiger partial charge in [-0.15, -0.1) is 0 Å². The Bertz CT molecular complexity index is 933. The minimum atomic E-state index is -0.634. The lowest BCUT2D eigenvalue weighted by Crippen LogP contribution is -2.34. The van der Waals surface area contributed by atoms with Crippen LogP contribution in [0.5, 0.6) is 0 Å². The predicted octanol–water partition coefficient (Wildman–Crippen LogP) is 5.74. The highest BCUT2D eigenvalue weighted by Crippen LogP contribution is 2.28. The number of rotatable bonds is 4. The van der Waals surface area contributed by atoms with Crippen LogP contribution in [0.2, 0.25) is 0 Å². The molecule has 0 aliphatic rings. The van der Waals surface area contributed by atoms with Crippen molar-refractivity contribution in [1.29, 1.82) is 0 Å². The summed E-state index contributed by atoms with van der Waals surface area (Å²) in [5, 5.41) is 3.02. The minimum Gasteiger partial charge on any atom is -0.325 e. The smallest absolute Gasteiger partial charge is 0.234 e. The zero-order valence-corrected chi connectivity index (χ0v) is 16.7. The third-order valence-corrected chi connectivity index (χ3v) is 4.98. The summed E-state index contributed by atoms with van der Waals surface area (Å²) in [6, 6.07) is 19.8. The second kappa shape index (κ2) is 7.42. The lowest BCUT2D eigenvalue weighted by atomic mass is 9.83. The first-order valence-corrected chi connectivity index (χ1v) is 9.26. The van der Waals surface area contributed by atoms with Gasteiger partial charge in [0.2, 0.25) is 5.91 Å². The first kappa shape index (κ1) is 18.3. The zero-order chi connectivity index (χ0) is 18.7. The molecule has 0 bridgehead atoms. The van der Waals surface area contributed by atoms with Gasteiger partial charge >= 0.3 is 0 Å². The highest BCUT2D eigenvalue weighted by Gasteiger charge is 2.30. The highest BCUT2D eigenvalue weighted by atomic mass is 79.9. The molecule has 0 spiro atoms. The third-order valence-electron chi connectivity index (χ3n) is 4.49. The number of halogens is 1. The minimum absolute atomic E-state index is 0.0388. The van der Waals surface area contributed by atoms with Crippen LogP contribution in [0.4, 0.5) is 5.69 Å². The number of carbonyl (C=O) groups excluding carboxylic acids is 1. The first-order chi connectivity index (χ1) is 12.4. The van der Waals surface area contributed by atoms with E-state index in [-0.39, 0.29) is 5.91 Å². The van der Waals surface area contributed by atoms with E-state index < -0.39 is 5.41 Å². The number of benzene rings is 2. The molecule has 0 radical (unpaired) electrons. The lowest BCUT2D eigenvalue weighted by molar-refractivity contribution is -0.120. The van der Waals surface area contributed by atoms with Crippen molar-refractivity contribution in [3.63, 3.8) is 0 Å². The summed E-state index contributed by atoms with van der Waals surface area (Å²) in [6.07, 6.45) is 1.81. The van der Waals surface area contributed by atoms with Crippen LogP contribution >= 0.6 is 15.9 Å². The molecular formula is C22H21BrN2O. The van der Waals surface area contributed by atoms with E-state index in [1.54, 1.807) is 6.20 Å². The summed E-state index contributed by atoms with van der Waals surface area (Å²) in [6.45, 7) is 5.83. The fourth-order valence-corrected chi connectivity index (χ4v) is 3.17. The molecule has 0 saturated heterocycles. The molecule has 1 aromatic heterocycles. The molecule has 1 heterocycles. The fraction of sp³-hybridized carbons (Fsp3) is 0.182. The number of aryl methyl sites for hydroxylation is 1. The number of nitrogens with one attached hydrogen (secondary N) is 1. The van der Waals surface area contributed by atoms with Crippen molar-refractivity contribution in [2.24, 2.45) is 0 Å². The number of anilines is 1. The van der Waals surface area contributed by atoms with E-state index in [9.17, 15) is 4.79 Å². The second-order valence-electron chi connectivity index (χ2n) is 6.85. The zero-order valence-electron chi connectivity index (χ0n) is 15.1. The van der Waals surface area contributed by atoms with E-state index in [0.29, 0.717) is 0 Å². The van der Waals surface area contributed by atoms with Gasteiger partial charge in [0.15, 0.2) is 0 Å². The Balaban J connectivity index is 1.77. The van der Waals surface area contributed by atoms with Crippen molar-refractivity contribution in [3.05, 3.63) is 82.6 Å². The van der Waals surface area contributed by atoms with Crippen LogP contribution in [0, 0.1) is 6.92 Å². The molecule has 3 rings (SSSR count). The summed E-state index contributed by atoms with van der Waals surface area (Å²) in [5.74, 6) is -0.0388. The molecule has 0 unspecified atom stereocenters. The van der Waals surface area contributed by atoms with Gasteiger partial charge in [0.1, 0.15) is 0 Å². The molecule has 0 saturated carbocycles. The van der Waals surface area contributed by atoms with Crippen molar-refractivity contribution in [3.8, 4) is 11.1 Å². The number of amides is 1. The summed E-state index contributed by atoms with van der Waals surface area (Å²) >= 11 is 3.47. The van der Waals surface area contributed by atoms with Gasteiger partial charge in [-0.25, -0.2) is 0 Å². The van der Waals surface area contributed by atoms with Crippen molar-refractivity contribution < 1.29 is 4.79 Å². The van der Waals surface area contributed by atoms with Crippen molar-refractivity contribution in [2.75, 3.05) is 5.32 Å². The number of aromatic nitrogens is 1. The van der Waals surface area contributed by atoms with Crippen molar-refractivity contribution in [1.82, 2.24) is 4.98 Å². The van der Waals surface area contributed by atoms with Gasteiger partial charge in [-0.2, -0.15) is 0 Å². The maximum atomic E-state index is 12.8. The highest BCUT2D eigenvalue weighted by molar-refractivity contribution is 9.10. The Morgan fingerprint density at radius 3 is 2.38 bits per heavy atom. The summed E-state index contributed by atoms with van der Waals surface area (Å²) in [5.41, 5.74) is 4.31. The van der Waals surface area contributed by atoms with E-state index in [1.165, 1.54) is 0 Å². The Hall–Kier alpha value is -2.46. The van der Waals surface area contributed by atoms with Crippen LogP contribution in [0.3, 0.4) is 0 Å². The first-order valence-electron chi connectivity index (χ1n) is 8.47. The molecule has 132 valence electrons. The molecule has 3 aromatic rings. The number of pyridine rings is 1. The van der Waals surface area contributed by atoms with Crippen LogP contribution in [-0.2, 0) is 10.2 Å². The topological polar surface area (TPSA) is 42.0 Å². The molecule has 0 aliphatic carbocycles. The summed E-state index contributed by atoms with van der Waals surface area (Å²) in [4.78, 5) is 17.0. The monoisotopic (exact) mass is 408 g/mol. The van der Waals surface area contributed by atoms with Crippen molar-refractivity contribution >= 4 is 27.5 Å². The van der Waals surface area contributed by atoms with Crippen LogP contribution in [-0.4, -0.2) is 10.9 Å². The lowest BCUT2D eigenvalue weighted by Gasteiger charge is -2.24. The number of carbonyl (C=O) groups is 1. The number of hydrogen-bond acceptors (Lipinski definition) is 2. The van der Waals surface area contributed by atoms with Crippen LogP contribution in [0.1, 0.15) is 25.1 Å². The van der Waals surface area contributed by atoms with Gasteiger partial charge in [-0.3, -0.25) is 9.78 Å². The van der Waals surface area contributed by atoms with Gasteiger partial charge in [-0.05, 0) is 73.9 Å². The van der Waals surface area contributed by atoms with Crippen LogP contribution in [0.25, 0.3) is 11.1 Å². The molecule has 0 atom stereocenters. The van der Waals surface area contributed by atoms with E-state index >= 15 is 0 Å². The van der Waals surface area contributed by atoms with Crippen LogP contribution < -0.4 is 5.32 Å². The van der Waals surface area contributed by atoms with Gasteiger partial charge < -0.3 is 5.32 Å². The normalized spacial score (nSPS) is 11.2. The molecule has 4 heteroatoms. The Kier molecular flexibility index (Phi) is 5.23.